The minimum atomic E-state index is -0.623. The molecular weight excluding hydrogens is 274 g/mol. The van der Waals surface area contributed by atoms with Gasteiger partial charge >= 0.3 is 0 Å². The van der Waals surface area contributed by atoms with Crippen LogP contribution in [0.1, 0.15) is 23.5 Å². The van der Waals surface area contributed by atoms with Gasteiger partial charge in [-0.15, -0.1) is 11.3 Å². The van der Waals surface area contributed by atoms with Gasteiger partial charge in [0.05, 0.1) is 12.1 Å². The van der Waals surface area contributed by atoms with Crippen molar-refractivity contribution in [2.75, 3.05) is 0 Å². The van der Waals surface area contributed by atoms with E-state index in [1.807, 2.05) is 12.3 Å². The Hall–Kier alpha value is -1.92. The van der Waals surface area contributed by atoms with Crippen LogP contribution in [0.15, 0.2) is 35.8 Å². The number of phenolic OH excluding ortho intramolecular Hbond substituents is 1. The number of benzene rings is 1. The van der Waals surface area contributed by atoms with Crippen LogP contribution in [0.5, 0.6) is 5.75 Å². The number of thiazole rings is 1. The predicted octanol–water partition coefficient (Wildman–Crippen LogP) is 1.60. The maximum atomic E-state index is 12.0. The van der Waals surface area contributed by atoms with Crippen molar-refractivity contribution in [3.8, 4) is 5.75 Å². The molecule has 0 aliphatic carbocycles. The second-order valence-electron chi connectivity index (χ2n) is 4.58. The number of rotatable bonds is 5. The van der Waals surface area contributed by atoms with E-state index in [0.29, 0.717) is 6.42 Å². The van der Waals surface area contributed by atoms with E-state index in [0.717, 1.165) is 10.6 Å². The van der Waals surface area contributed by atoms with Crippen molar-refractivity contribution in [1.82, 2.24) is 10.3 Å². The molecule has 6 heteroatoms. The Labute approximate surface area is 121 Å². The summed E-state index contributed by atoms with van der Waals surface area (Å²) in [6.45, 7) is 1.88. The van der Waals surface area contributed by atoms with E-state index in [4.69, 9.17) is 5.73 Å². The third-order valence-electron chi connectivity index (χ3n) is 2.91. The van der Waals surface area contributed by atoms with E-state index < -0.39 is 6.04 Å². The number of phenols is 1. The van der Waals surface area contributed by atoms with E-state index in [1.165, 1.54) is 11.3 Å². The zero-order valence-electron chi connectivity index (χ0n) is 11.1. The zero-order valence-corrected chi connectivity index (χ0v) is 11.9. The maximum Gasteiger partial charge on any atom is 0.237 e. The Bertz CT molecular complexity index is 554. The number of nitrogens with one attached hydrogen (secondary N) is 1. The van der Waals surface area contributed by atoms with Crippen LogP contribution in [0.25, 0.3) is 0 Å². The fourth-order valence-corrected chi connectivity index (χ4v) is 2.46. The van der Waals surface area contributed by atoms with Gasteiger partial charge in [-0.2, -0.15) is 0 Å². The highest BCUT2D eigenvalue weighted by Crippen LogP contribution is 2.15. The van der Waals surface area contributed by atoms with Gasteiger partial charge < -0.3 is 16.2 Å². The van der Waals surface area contributed by atoms with Crippen LogP contribution in [0.3, 0.4) is 0 Å². The third kappa shape index (κ3) is 3.79. The molecule has 2 atom stereocenters. The normalized spacial score (nSPS) is 13.7. The number of carbonyl (C=O) groups excluding carboxylic acids is 1. The van der Waals surface area contributed by atoms with Crippen LogP contribution in [0.4, 0.5) is 0 Å². The minimum Gasteiger partial charge on any atom is -0.508 e. The molecule has 20 heavy (non-hydrogen) atoms. The van der Waals surface area contributed by atoms with Crippen molar-refractivity contribution in [2.45, 2.75) is 25.4 Å². The van der Waals surface area contributed by atoms with Gasteiger partial charge in [0.25, 0.3) is 0 Å². The molecule has 1 unspecified atom stereocenters. The van der Waals surface area contributed by atoms with Crippen LogP contribution in [-0.4, -0.2) is 22.0 Å². The molecular formula is C14H17N3O2S. The number of nitrogens with zero attached hydrogens (tertiary/aromatic N) is 1. The lowest BCUT2D eigenvalue weighted by molar-refractivity contribution is -0.123. The number of carbonyl (C=O) groups is 1. The summed E-state index contributed by atoms with van der Waals surface area (Å²) in [7, 11) is 0. The van der Waals surface area contributed by atoms with Crippen LogP contribution in [-0.2, 0) is 11.2 Å². The highest BCUT2D eigenvalue weighted by atomic mass is 32.1. The van der Waals surface area contributed by atoms with Crippen molar-refractivity contribution in [3.05, 3.63) is 46.4 Å². The molecule has 106 valence electrons. The Morgan fingerprint density at radius 1 is 1.45 bits per heavy atom. The van der Waals surface area contributed by atoms with E-state index in [2.05, 4.69) is 10.3 Å². The minimum absolute atomic E-state index is 0.145. The summed E-state index contributed by atoms with van der Waals surface area (Å²) in [6.07, 6.45) is 2.13. The number of amides is 1. The van der Waals surface area contributed by atoms with Gasteiger partial charge in [-0.05, 0) is 31.0 Å². The van der Waals surface area contributed by atoms with Crippen LogP contribution in [0.2, 0.25) is 0 Å². The Balaban J connectivity index is 1.90. The molecule has 1 aromatic heterocycles. The number of hydrogen-bond donors (Lipinski definition) is 3. The molecule has 5 nitrogen and oxygen atoms in total. The Morgan fingerprint density at radius 2 is 2.15 bits per heavy atom. The van der Waals surface area contributed by atoms with Gasteiger partial charge in [-0.3, -0.25) is 4.79 Å². The van der Waals surface area contributed by atoms with Crippen molar-refractivity contribution in [3.63, 3.8) is 0 Å². The van der Waals surface area contributed by atoms with Crippen molar-refractivity contribution >= 4 is 17.2 Å². The standard InChI is InChI=1S/C14H17N3O2S/c1-9(14-16-6-7-20-14)17-13(19)12(15)8-10-2-4-11(18)5-3-10/h2-7,9,12,18H,8,15H2,1H3,(H,17,19)/t9?,12-/m1/s1. The first-order valence-electron chi connectivity index (χ1n) is 6.29. The van der Waals surface area contributed by atoms with Crippen LogP contribution in [0, 0.1) is 0 Å². The quantitative estimate of drug-likeness (QED) is 0.780. The van der Waals surface area contributed by atoms with Gasteiger partial charge in [0.2, 0.25) is 5.91 Å². The molecule has 4 N–H and O–H groups in total. The SMILES string of the molecule is CC(NC(=O)[C@H](N)Cc1ccc(O)cc1)c1nccs1. The lowest BCUT2D eigenvalue weighted by atomic mass is 10.1. The fourth-order valence-electron chi connectivity index (χ4n) is 1.81. The van der Waals surface area contributed by atoms with Gasteiger partial charge in [0.15, 0.2) is 0 Å². The molecule has 2 rings (SSSR count). The summed E-state index contributed by atoms with van der Waals surface area (Å²) in [4.78, 5) is 16.2. The van der Waals surface area contributed by atoms with Gasteiger partial charge in [-0.25, -0.2) is 4.98 Å². The molecule has 0 aliphatic heterocycles. The highest BCUT2D eigenvalue weighted by molar-refractivity contribution is 7.09. The lowest BCUT2D eigenvalue weighted by Crippen LogP contribution is -2.42. The van der Waals surface area contributed by atoms with E-state index in [1.54, 1.807) is 30.5 Å². The predicted molar refractivity (Wildman–Crippen MR) is 78.5 cm³/mol. The van der Waals surface area contributed by atoms with Gasteiger partial charge in [-0.1, -0.05) is 12.1 Å². The Morgan fingerprint density at radius 3 is 2.75 bits per heavy atom. The molecule has 0 aliphatic rings. The average Bonchev–Trinajstić information content (AvgIpc) is 2.95. The average molecular weight is 291 g/mol. The van der Waals surface area contributed by atoms with Crippen molar-refractivity contribution in [2.24, 2.45) is 5.73 Å². The van der Waals surface area contributed by atoms with Crippen molar-refractivity contribution < 1.29 is 9.90 Å². The first-order valence-corrected chi connectivity index (χ1v) is 7.17. The molecule has 1 heterocycles. The number of aromatic hydroxyl groups is 1. The first-order chi connectivity index (χ1) is 9.56. The van der Waals surface area contributed by atoms with Crippen LogP contribution >= 0.6 is 11.3 Å². The van der Waals surface area contributed by atoms with Gasteiger partial charge in [0.1, 0.15) is 10.8 Å². The summed E-state index contributed by atoms with van der Waals surface area (Å²) >= 11 is 1.50. The smallest absolute Gasteiger partial charge is 0.237 e. The Kier molecular flexibility index (Phi) is 4.70. The molecule has 0 saturated heterocycles. The second-order valence-corrected chi connectivity index (χ2v) is 5.50. The number of aromatic nitrogens is 1. The maximum absolute atomic E-state index is 12.0. The monoisotopic (exact) mass is 291 g/mol. The molecule has 0 radical (unpaired) electrons. The molecule has 0 spiro atoms. The summed E-state index contributed by atoms with van der Waals surface area (Å²) in [6, 6.07) is 5.91. The lowest BCUT2D eigenvalue weighted by Gasteiger charge is -2.16. The topological polar surface area (TPSA) is 88.2 Å². The largest absolute Gasteiger partial charge is 0.508 e. The zero-order chi connectivity index (χ0) is 14.5. The number of hydrogen-bond acceptors (Lipinski definition) is 5. The molecule has 0 fully saturated rings. The second kappa shape index (κ2) is 6.49. The summed E-state index contributed by atoms with van der Waals surface area (Å²) < 4.78 is 0. The molecule has 0 saturated carbocycles. The number of nitrogens with two attached hydrogens (primary N) is 1. The molecule has 1 amide bonds. The van der Waals surface area contributed by atoms with Gasteiger partial charge in [0, 0.05) is 11.6 Å². The van der Waals surface area contributed by atoms with E-state index >= 15 is 0 Å². The highest BCUT2D eigenvalue weighted by Gasteiger charge is 2.18. The van der Waals surface area contributed by atoms with Crippen molar-refractivity contribution in [1.29, 1.82) is 0 Å². The summed E-state index contributed by atoms with van der Waals surface area (Å²) in [5.74, 6) is -0.00931. The van der Waals surface area contributed by atoms with E-state index in [9.17, 15) is 9.90 Å². The summed E-state index contributed by atoms with van der Waals surface area (Å²) in [5, 5.41) is 14.8. The van der Waals surface area contributed by atoms with E-state index in [-0.39, 0.29) is 17.7 Å². The fraction of sp³-hybridized carbons (Fsp3) is 0.286. The third-order valence-corrected chi connectivity index (χ3v) is 3.87. The first kappa shape index (κ1) is 14.5. The molecule has 1 aromatic carbocycles. The molecule has 0 bridgehead atoms. The summed E-state index contributed by atoms with van der Waals surface area (Å²) in [5.41, 5.74) is 6.81. The van der Waals surface area contributed by atoms with Crippen LogP contribution < -0.4 is 11.1 Å². The molecule has 2 aromatic rings.